The van der Waals surface area contributed by atoms with Gasteiger partial charge in [-0.15, -0.1) is 0 Å². The second-order valence-electron chi connectivity index (χ2n) is 4.53. The molecule has 0 aliphatic carbocycles. The fraction of sp³-hybridized carbons (Fsp3) is 0.583. The highest BCUT2D eigenvalue weighted by atomic mass is 32.1. The minimum absolute atomic E-state index is 0.299. The summed E-state index contributed by atoms with van der Waals surface area (Å²) >= 11 is 4.92. The summed E-state index contributed by atoms with van der Waals surface area (Å²) < 4.78 is 5.34. The molecule has 0 aromatic carbocycles. The van der Waals surface area contributed by atoms with Crippen molar-refractivity contribution in [2.75, 3.05) is 25.1 Å². The van der Waals surface area contributed by atoms with Crippen molar-refractivity contribution in [3.05, 3.63) is 17.5 Å². The van der Waals surface area contributed by atoms with E-state index >= 15 is 0 Å². The van der Waals surface area contributed by atoms with Crippen molar-refractivity contribution in [1.29, 1.82) is 0 Å². The molecule has 1 saturated heterocycles. The van der Waals surface area contributed by atoms with Crippen LogP contribution >= 0.6 is 12.2 Å². The SMILES string of the molecule is Cc1cc(C(N)=S)nc(NCCC2CCOC2)n1. The molecular formula is C12H18N4OS. The predicted molar refractivity (Wildman–Crippen MR) is 74.7 cm³/mol. The Bertz CT molecular complexity index is 432. The van der Waals surface area contributed by atoms with Crippen LogP contribution in [0, 0.1) is 12.8 Å². The third-order valence-electron chi connectivity index (χ3n) is 2.97. The number of thiocarbonyl (C=S) groups is 1. The first-order valence-electron chi connectivity index (χ1n) is 6.12. The van der Waals surface area contributed by atoms with Crippen molar-refractivity contribution < 1.29 is 4.74 Å². The van der Waals surface area contributed by atoms with Crippen LogP contribution in [0.5, 0.6) is 0 Å². The van der Waals surface area contributed by atoms with Gasteiger partial charge in [0, 0.05) is 25.5 Å². The molecular weight excluding hydrogens is 248 g/mol. The normalized spacial score (nSPS) is 18.8. The molecule has 1 aliphatic heterocycles. The van der Waals surface area contributed by atoms with Gasteiger partial charge in [0.2, 0.25) is 5.95 Å². The van der Waals surface area contributed by atoms with Gasteiger partial charge in [0.25, 0.3) is 0 Å². The van der Waals surface area contributed by atoms with Crippen molar-refractivity contribution in [1.82, 2.24) is 9.97 Å². The zero-order chi connectivity index (χ0) is 13.0. The summed E-state index contributed by atoms with van der Waals surface area (Å²) in [6.07, 6.45) is 2.22. The summed E-state index contributed by atoms with van der Waals surface area (Å²) in [6.45, 7) is 4.50. The molecule has 1 aromatic heterocycles. The summed E-state index contributed by atoms with van der Waals surface area (Å²) in [5.41, 5.74) is 7.05. The zero-order valence-corrected chi connectivity index (χ0v) is 11.3. The van der Waals surface area contributed by atoms with E-state index in [0.29, 0.717) is 22.5 Å². The maximum Gasteiger partial charge on any atom is 0.223 e. The summed E-state index contributed by atoms with van der Waals surface area (Å²) in [7, 11) is 0. The molecule has 0 saturated carbocycles. The predicted octanol–water partition coefficient (Wildman–Crippen LogP) is 1.26. The van der Waals surface area contributed by atoms with Crippen molar-refractivity contribution in [2.24, 2.45) is 11.7 Å². The van der Waals surface area contributed by atoms with Crippen molar-refractivity contribution >= 4 is 23.2 Å². The molecule has 18 heavy (non-hydrogen) atoms. The Morgan fingerprint density at radius 1 is 1.61 bits per heavy atom. The Balaban J connectivity index is 1.89. The molecule has 0 spiro atoms. The molecule has 98 valence electrons. The second kappa shape index (κ2) is 6.06. The summed E-state index contributed by atoms with van der Waals surface area (Å²) in [5, 5.41) is 3.21. The largest absolute Gasteiger partial charge is 0.388 e. The van der Waals surface area contributed by atoms with E-state index in [1.165, 1.54) is 0 Å². The fourth-order valence-corrected chi connectivity index (χ4v) is 2.08. The molecule has 1 atom stereocenters. The molecule has 1 aromatic rings. The van der Waals surface area contributed by atoms with Gasteiger partial charge in [0.05, 0.1) is 0 Å². The lowest BCUT2D eigenvalue weighted by atomic mass is 10.1. The van der Waals surface area contributed by atoms with Crippen LogP contribution in [0.25, 0.3) is 0 Å². The molecule has 2 rings (SSSR count). The van der Waals surface area contributed by atoms with Gasteiger partial charge >= 0.3 is 0 Å². The number of hydrogen-bond donors (Lipinski definition) is 2. The fourth-order valence-electron chi connectivity index (χ4n) is 1.97. The minimum Gasteiger partial charge on any atom is -0.388 e. The van der Waals surface area contributed by atoms with E-state index in [4.69, 9.17) is 22.7 Å². The van der Waals surface area contributed by atoms with E-state index in [-0.39, 0.29) is 0 Å². The average Bonchev–Trinajstić information content (AvgIpc) is 2.81. The summed E-state index contributed by atoms with van der Waals surface area (Å²) in [6, 6.07) is 1.79. The maximum absolute atomic E-state index is 5.58. The number of aryl methyl sites for hydroxylation is 1. The maximum atomic E-state index is 5.58. The van der Waals surface area contributed by atoms with Gasteiger partial charge in [-0.3, -0.25) is 0 Å². The Hall–Kier alpha value is -1.27. The molecule has 6 heteroatoms. The van der Waals surface area contributed by atoms with E-state index in [0.717, 1.165) is 38.3 Å². The lowest BCUT2D eigenvalue weighted by molar-refractivity contribution is 0.185. The van der Waals surface area contributed by atoms with Gasteiger partial charge in [0.1, 0.15) is 10.7 Å². The van der Waals surface area contributed by atoms with Crippen LogP contribution in [0.4, 0.5) is 5.95 Å². The minimum atomic E-state index is 0.299. The lowest BCUT2D eigenvalue weighted by Crippen LogP contribution is -2.16. The van der Waals surface area contributed by atoms with Gasteiger partial charge in [-0.05, 0) is 31.7 Å². The number of hydrogen-bond acceptors (Lipinski definition) is 5. The number of anilines is 1. The van der Waals surface area contributed by atoms with Crippen LogP contribution in [-0.2, 0) is 4.74 Å². The molecule has 1 unspecified atom stereocenters. The van der Waals surface area contributed by atoms with Crippen molar-refractivity contribution in [2.45, 2.75) is 19.8 Å². The number of rotatable bonds is 5. The first-order valence-corrected chi connectivity index (χ1v) is 6.53. The third-order valence-corrected chi connectivity index (χ3v) is 3.18. The molecule has 1 aliphatic rings. The van der Waals surface area contributed by atoms with Crippen LogP contribution in [0.1, 0.15) is 24.2 Å². The number of aromatic nitrogens is 2. The van der Waals surface area contributed by atoms with E-state index in [1.807, 2.05) is 6.92 Å². The summed E-state index contributed by atoms with van der Waals surface area (Å²) in [4.78, 5) is 8.89. The molecule has 5 nitrogen and oxygen atoms in total. The zero-order valence-electron chi connectivity index (χ0n) is 10.5. The quantitative estimate of drug-likeness (QED) is 0.782. The van der Waals surface area contributed by atoms with Gasteiger partial charge in [-0.1, -0.05) is 12.2 Å². The van der Waals surface area contributed by atoms with Crippen LogP contribution in [0.3, 0.4) is 0 Å². The van der Waals surface area contributed by atoms with Crippen LogP contribution in [0.2, 0.25) is 0 Å². The highest BCUT2D eigenvalue weighted by Gasteiger charge is 2.15. The monoisotopic (exact) mass is 266 g/mol. The molecule has 1 fully saturated rings. The number of nitrogens with one attached hydrogen (secondary N) is 1. The van der Waals surface area contributed by atoms with Crippen LogP contribution in [-0.4, -0.2) is 34.7 Å². The van der Waals surface area contributed by atoms with Gasteiger partial charge in [0.15, 0.2) is 0 Å². The Labute approximate surface area is 112 Å². The van der Waals surface area contributed by atoms with Gasteiger partial charge < -0.3 is 15.8 Å². The third kappa shape index (κ3) is 3.61. The van der Waals surface area contributed by atoms with Gasteiger partial charge in [-0.2, -0.15) is 0 Å². The van der Waals surface area contributed by atoms with E-state index in [2.05, 4.69) is 15.3 Å². The molecule has 0 radical (unpaired) electrons. The molecule has 0 amide bonds. The van der Waals surface area contributed by atoms with Crippen molar-refractivity contribution in [3.8, 4) is 0 Å². The standard InChI is InChI=1S/C12H18N4OS/c1-8-6-10(11(13)18)16-12(15-8)14-4-2-9-3-5-17-7-9/h6,9H,2-5,7H2,1H3,(H2,13,18)(H,14,15,16). The van der Waals surface area contributed by atoms with E-state index in [1.54, 1.807) is 6.07 Å². The molecule has 0 bridgehead atoms. The highest BCUT2D eigenvalue weighted by Crippen LogP contribution is 2.16. The number of ether oxygens (including phenoxy) is 1. The molecule has 2 heterocycles. The molecule has 3 N–H and O–H groups in total. The number of nitrogens with two attached hydrogens (primary N) is 1. The van der Waals surface area contributed by atoms with Crippen molar-refractivity contribution in [3.63, 3.8) is 0 Å². The first kappa shape index (κ1) is 13.2. The Morgan fingerprint density at radius 3 is 3.11 bits per heavy atom. The Morgan fingerprint density at radius 2 is 2.44 bits per heavy atom. The smallest absolute Gasteiger partial charge is 0.223 e. The van der Waals surface area contributed by atoms with E-state index < -0.39 is 0 Å². The summed E-state index contributed by atoms with van der Waals surface area (Å²) in [5.74, 6) is 1.24. The lowest BCUT2D eigenvalue weighted by Gasteiger charge is -2.10. The van der Waals surface area contributed by atoms with Crippen LogP contribution < -0.4 is 11.1 Å². The second-order valence-corrected chi connectivity index (χ2v) is 4.97. The van der Waals surface area contributed by atoms with E-state index in [9.17, 15) is 0 Å². The van der Waals surface area contributed by atoms with Gasteiger partial charge in [-0.25, -0.2) is 9.97 Å². The first-order chi connectivity index (χ1) is 8.65. The highest BCUT2D eigenvalue weighted by molar-refractivity contribution is 7.80. The number of nitrogens with zero attached hydrogens (tertiary/aromatic N) is 2. The topological polar surface area (TPSA) is 73.1 Å². The van der Waals surface area contributed by atoms with Crippen LogP contribution in [0.15, 0.2) is 6.07 Å². The average molecular weight is 266 g/mol. The Kier molecular flexibility index (Phi) is 4.43.